The first-order chi connectivity index (χ1) is 9.68. The van der Waals surface area contributed by atoms with Gasteiger partial charge in [-0.2, -0.15) is 0 Å². The summed E-state index contributed by atoms with van der Waals surface area (Å²) in [6.45, 7) is 5.12. The third-order valence-electron chi connectivity index (χ3n) is 4.21. The molecule has 0 saturated carbocycles. The van der Waals surface area contributed by atoms with Gasteiger partial charge in [0.25, 0.3) is 5.91 Å². The lowest BCUT2D eigenvalue weighted by molar-refractivity contribution is 0.0924. The minimum Gasteiger partial charge on any atom is -0.351 e. The lowest BCUT2D eigenvalue weighted by Crippen LogP contribution is -2.42. The van der Waals surface area contributed by atoms with Crippen LogP contribution in [-0.4, -0.2) is 25.5 Å². The number of hydrogen-bond donors (Lipinski definition) is 2. The van der Waals surface area contributed by atoms with Gasteiger partial charge in [0.05, 0.1) is 5.56 Å². The van der Waals surface area contributed by atoms with Crippen LogP contribution in [0.1, 0.15) is 30.1 Å². The summed E-state index contributed by atoms with van der Waals surface area (Å²) in [5, 5.41) is 9.52. The number of amides is 1. The zero-order valence-corrected chi connectivity index (χ0v) is 13.8. The second-order valence-electron chi connectivity index (χ2n) is 5.89. The molecule has 1 amide bonds. The normalized spacial score (nSPS) is 17.2. The van der Waals surface area contributed by atoms with Crippen LogP contribution in [0.15, 0.2) is 29.6 Å². The first-order valence-electron chi connectivity index (χ1n) is 7.13. The van der Waals surface area contributed by atoms with E-state index in [1.165, 1.54) is 4.70 Å². The van der Waals surface area contributed by atoms with Crippen LogP contribution < -0.4 is 10.6 Å². The average molecular weight is 325 g/mol. The standard InChI is InChI=1S/C16H20N2OS.ClH/c1-16(6-8-17-9-7-16)11-18-15(19)13-10-20-14-5-3-2-4-12(13)14;/h2-5,10,17H,6-9,11H2,1H3,(H,18,19);1H. The number of halogens is 1. The van der Waals surface area contributed by atoms with Crippen molar-refractivity contribution < 1.29 is 4.79 Å². The maximum Gasteiger partial charge on any atom is 0.252 e. The number of fused-ring (bicyclic) bond motifs is 1. The van der Waals surface area contributed by atoms with Crippen molar-refractivity contribution in [3.63, 3.8) is 0 Å². The van der Waals surface area contributed by atoms with Gasteiger partial charge in [0.1, 0.15) is 0 Å². The molecule has 21 heavy (non-hydrogen) atoms. The molecule has 0 radical (unpaired) electrons. The van der Waals surface area contributed by atoms with E-state index in [4.69, 9.17) is 0 Å². The molecular formula is C16H21ClN2OS. The second-order valence-corrected chi connectivity index (χ2v) is 6.80. The first kappa shape index (κ1) is 16.3. The van der Waals surface area contributed by atoms with Gasteiger partial charge < -0.3 is 10.6 Å². The van der Waals surface area contributed by atoms with Gasteiger partial charge in [-0.25, -0.2) is 0 Å². The van der Waals surface area contributed by atoms with E-state index in [1.54, 1.807) is 11.3 Å². The number of hydrogen-bond acceptors (Lipinski definition) is 3. The maximum absolute atomic E-state index is 12.4. The highest BCUT2D eigenvalue weighted by molar-refractivity contribution is 7.17. The SMILES string of the molecule is CC1(CNC(=O)c2csc3ccccc23)CCNCC1.Cl. The summed E-state index contributed by atoms with van der Waals surface area (Å²) < 4.78 is 1.17. The Bertz CT molecular complexity index is 620. The summed E-state index contributed by atoms with van der Waals surface area (Å²) in [6, 6.07) is 8.08. The van der Waals surface area contributed by atoms with Crippen molar-refractivity contribution in [3.05, 3.63) is 35.2 Å². The summed E-state index contributed by atoms with van der Waals surface area (Å²) >= 11 is 1.63. The van der Waals surface area contributed by atoms with Gasteiger partial charge >= 0.3 is 0 Å². The molecule has 1 saturated heterocycles. The topological polar surface area (TPSA) is 41.1 Å². The van der Waals surface area contributed by atoms with Gasteiger partial charge in [-0.1, -0.05) is 25.1 Å². The summed E-state index contributed by atoms with van der Waals surface area (Å²) in [5.74, 6) is 0.0576. The molecule has 0 bridgehead atoms. The van der Waals surface area contributed by atoms with Crippen LogP contribution in [-0.2, 0) is 0 Å². The van der Waals surface area contributed by atoms with Crippen molar-refractivity contribution in [1.82, 2.24) is 10.6 Å². The fourth-order valence-electron chi connectivity index (χ4n) is 2.75. The van der Waals surface area contributed by atoms with Gasteiger partial charge in [0.15, 0.2) is 0 Å². The largest absolute Gasteiger partial charge is 0.351 e. The molecule has 114 valence electrons. The van der Waals surface area contributed by atoms with Gasteiger partial charge in [-0.15, -0.1) is 23.7 Å². The monoisotopic (exact) mass is 324 g/mol. The van der Waals surface area contributed by atoms with Gasteiger partial charge in [-0.05, 0) is 37.4 Å². The summed E-state index contributed by atoms with van der Waals surface area (Å²) in [7, 11) is 0. The molecule has 3 nitrogen and oxygen atoms in total. The van der Waals surface area contributed by atoms with E-state index in [1.807, 2.05) is 23.6 Å². The lowest BCUT2D eigenvalue weighted by atomic mass is 9.81. The molecule has 1 aliphatic heterocycles. The maximum atomic E-state index is 12.4. The molecule has 1 fully saturated rings. The Morgan fingerprint density at radius 2 is 2.05 bits per heavy atom. The fourth-order valence-corrected chi connectivity index (χ4v) is 3.69. The number of carbonyl (C=O) groups excluding carboxylic acids is 1. The molecule has 1 aromatic carbocycles. The highest BCUT2D eigenvalue weighted by Gasteiger charge is 2.27. The molecule has 2 aromatic rings. The Hall–Kier alpha value is -1.10. The molecule has 5 heteroatoms. The zero-order valence-electron chi connectivity index (χ0n) is 12.1. The molecule has 0 aliphatic carbocycles. The molecule has 1 aromatic heterocycles. The molecular weight excluding hydrogens is 304 g/mol. The van der Waals surface area contributed by atoms with Crippen molar-refractivity contribution in [2.24, 2.45) is 5.41 Å². The highest BCUT2D eigenvalue weighted by atomic mass is 35.5. The summed E-state index contributed by atoms with van der Waals surface area (Å²) in [4.78, 5) is 12.4. The van der Waals surface area contributed by atoms with E-state index in [0.29, 0.717) is 0 Å². The summed E-state index contributed by atoms with van der Waals surface area (Å²) in [6.07, 6.45) is 2.25. The highest BCUT2D eigenvalue weighted by Crippen LogP contribution is 2.28. The number of rotatable bonds is 3. The minimum absolute atomic E-state index is 0. The summed E-state index contributed by atoms with van der Waals surface area (Å²) in [5.41, 5.74) is 1.04. The van der Waals surface area contributed by atoms with Gasteiger partial charge in [0.2, 0.25) is 0 Å². The first-order valence-corrected chi connectivity index (χ1v) is 8.01. The Kier molecular flexibility index (Phi) is 5.25. The molecule has 2 N–H and O–H groups in total. The van der Waals surface area contributed by atoms with E-state index in [0.717, 1.165) is 43.4 Å². The number of thiophene rings is 1. The Morgan fingerprint density at radius 1 is 1.33 bits per heavy atom. The third kappa shape index (κ3) is 3.57. The molecule has 0 unspecified atom stereocenters. The number of piperidine rings is 1. The van der Waals surface area contributed by atoms with Crippen molar-refractivity contribution in [2.45, 2.75) is 19.8 Å². The van der Waals surface area contributed by atoms with Crippen LogP contribution in [0.5, 0.6) is 0 Å². The van der Waals surface area contributed by atoms with Gasteiger partial charge in [0, 0.05) is 22.0 Å². The average Bonchev–Trinajstić information content (AvgIpc) is 2.90. The zero-order chi connectivity index (χ0) is 14.0. The molecule has 0 spiro atoms. The van der Waals surface area contributed by atoms with Crippen LogP contribution >= 0.6 is 23.7 Å². The smallest absolute Gasteiger partial charge is 0.252 e. The van der Waals surface area contributed by atoms with E-state index in [-0.39, 0.29) is 23.7 Å². The molecule has 0 atom stereocenters. The Balaban J connectivity index is 0.00000161. The molecule has 3 rings (SSSR count). The van der Waals surface area contributed by atoms with E-state index < -0.39 is 0 Å². The van der Waals surface area contributed by atoms with Gasteiger partial charge in [-0.3, -0.25) is 4.79 Å². The van der Waals surface area contributed by atoms with E-state index >= 15 is 0 Å². The predicted molar refractivity (Wildman–Crippen MR) is 91.6 cm³/mol. The lowest BCUT2D eigenvalue weighted by Gasteiger charge is -2.34. The Morgan fingerprint density at radius 3 is 2.81 bits per heavy atom. The predicted octanol–water partition coefficient (Wildman–Crippen LogP) is 3.44. The van der Waals surface area contributed by atoms with Crippen molar-refractivity contribution in [3.8, 4) is 0 Å². The van der Waals surface area contributed by atoms with Crippen LogP contribution in [0.4, 0.5) is 0 Å². The van der Waals surface area contributed by atoms with E-state index in [9.17, 15) is 4.79 Å². The molecule has 1 aliphatic rings. The van der Waals surface area contributed by atoms with Crippen molar-refractivity contribution in [2.75, 3.05) is 19.6 Å². The third-order valence-corrected chi connectivity index (χ3v) is 5.18. The minimum atomic E-state index is 0. The fraction of sp³-hybridized carbons (Fsp3) is 0.438. The number of benzene rings is 1. The molecule has 2 heterocycles. The van der Waals surface area contributed by atoms with Crippen molar-refractivity contribution in [1.29, 1.82) is 0 Å². The Labute approximate surface area is 135 Å². The van der Waals surface area contributed by atoms with Crippen LogP contribution in [0.2, 0.25) is 0 Å². The van der Waals surface area contributed by atoms with Crippen LogP contribution in [0.3, 0.4) is 0 Å². The van der Waals surface area contributed by atoms with Crippen molar-refractivity contribution >= 4 is 39.7 Å². The number of carbonyl (C=O) groups is 1. The van der Waals surface area contributed by atoms with Crippen LogP contribution in [0, 0.1) is 5.41 Å². The van der Waals surface area contributed by atoms with E-state index in [2.05, 4.69) is 23.6 Å². The number of nitrogens with one attached hydrogen (secondary N) is 2. The van der Waals surface area contributed by atoms with Crippen LogP contribution in [0.25, 0.3) is 10.1 Å². The second kappa shape index (κ2) is 6.77. The quantitative estimate of drug-likeness (QED) is 0.908.